The molecule has 0 saturated carbocycles. The van der Waals surface area contributed by atoms with Gasteiger partial charge < -0.3 is 5.32 Å². The Morgan fingerprint density at radius 2 is 2.00 bits per heavy atom. The molecule has 1 aromatic rings. The average molecular weight is 227 g/mol. The van der Waals surface area contributed by atoms with Crippen LogP contribution in [0.5, 0.6) is 0 Å². The number of rotatable bonds is 5. The highest BCUT2D eigenvalue weighted by molar-refractivity contribution is 5.94. The molecular weight excluding hydrogens is 212 g/mol. The zero-order chi connectivity index (χ0) is 12.0. The highest BCUT2D eigenvalue weighted by Crippen LogP contribution is 2.08. The van der Waals surface area contributed by atoms with E-state index in [0.717, 1.165) is 31.4 Å². The summed E-state index contributed by atoms with van der Waals surface area (Å²) in [4.78, 5) is 11.5. The second kappa shape index (κ2) is 6.20. The Kier molecular flexibility index (Phi) is 4.89. The van der Waals surface area contributed by atoms with Gasteiger partial charge in [0.15, 0.2) is 11.6 Å². The fraction of sp³-hybridized carbons (Fsp3) is 0.417. The number of hydrogen-bond acceptors (Lipinski definition) is 1. The molecule has 0 radical (unpaired) electrons. The zero-order valence-corrected chi connectivity index (χ0v) is 9.22. The van der Waals surface area contributed by atoms with Crippen LogP contribution in [0.15, 0.2) is 18.2 Å². The summed E-state index contributed by atoms with van der Waals surface area (Å²) < 4.78 is 25.4. The zero-order valence-electron chi connectivity index (χ0n) is 9.22. The Labute approximate surface area is 93.7 Å². The molecule has 0 heterocycles. The lowest BCUT2D eigenvalue weighted by atomic mass is 10.2. The number of carbonyl (C=O) groups excluding carboxylic acids is 1. The van der Waals surface area contributed by atoms with Gasteiger partial charge in [-0.05, 0) is 24.6 Å². The third-order valence-electron chi connectivity index (χ3n) is 2.25. The largest absolute Gasteiger partial charge is 0.352 e. The number of nitrogens with one attached hydrogen (secondary N) is 1. The molecule has 0 saturated heterocycles. The fourth-order valence-electron chi connectivity index (χ4n) is 1.32. The van der Waals surface area contributed by atoms with Crippen molar-refractivity contribution in [1.82, 2.24) is 5.32 Å². The fourth-order valence-corrected chi connectivity index (χ4v) is 1.32. The molecule has 0 aliphatic rings. The highest BCUT2D eigenvalue weighted by Gasteiger charge is 2.08. The minimum atomic E-state index is -0.999. The van der Waals surface area contributed by atoms with E-state index in [4.69, 9.17) is 0 Å². The van der Waals surface area contributed by atoms with Gasteiger partial charge in [0.05, 0.1) is 0 Å². The van der Waals surface area contributed by atoms with Crippen LogP contribution in [0.4, 0.5) is 8.78 Å². The third kappa shape index (κ3) is 3.61. The molecule has 0 spiro atoms. The van der Waals surface area contributed by atoms with E-state index in [0.29, 0.717) is 6.54 Å². The van der Waals surface area contributed by atoms with Crippen LogP contribution in [0.1, 0.15) is 36.5 Å². The van der Waals surface area contributed by atoms with Gasteiger partial charge in [-0.15, -0.1) is 0 Å². The molecule has 4 heteroatoms. The van der Waals surface area contributed by atoms with Gasteiger partial charge in [-0.2, -0.15) is 0 Å². The maximum absolute atomic E-state index is 12.8. The van der Waals surface area contributed by atoms with Crippen LogP contribution in [0.2, 0.25) is 0 Å². The number of halogens is 2. The van der Waals surface area contributed by atoms with Crippen molar-refractivity contribution in [2.45, 2.75) is 26.2 Å². The van der Waals surface area contributed by atoms with E-state index in [1.165, 1.54) is 6.07 Å². The predicted octanol–water partition coefficient (Wildman–Crippen LogP) is 2.88. The van der Waals surface area contributed by atoms with Crippen molar-refractivity contribution in [2.24, 2.45) is 0 Å². The summed E-state index contributed by atoms with van der Waals surface area (Å²) in [5, 5.41) is 2.65. The van der Waals surface area contributed by atoms with E-state index in [-0.39, 0.29) is 11.5 Å². The van der Waals surface area contributed by atoms with Gasteiger partial charge in [-0.3, -0.25) is 4.79 Å². The predicted molar refractivity (Wildman–Crippen MR) is 58.2 cm³/mol. The van der Waals surface area contributed by atoms with Crippen molar-refractivity contribution >= 4 is 5.91 Å². The first-order valence-corrected chi connectivity index (χ1v) is 5.38. The van der Waals surface area contributed by atoms with Gasteiger partial charge in [-0.1, -0.05) is 19.8 Å². The maximum Gasteiger partial charge on any atom is 0.251 e. The third-order valence-corrected chi connectivity index (χ3v) is 2.25. The molecule has 88 valence electrons. The minimum absolute atomic E-state index is 0.149. The molecule has 1 N–H and O–H groups in total. The Balaban J connectivity index is 2.50. The molecule has 0 bridgehead atoms. The van der Waals surface area contributed by atoms with Crippen molar-refractivity contribution in [3.05, 3.63) is 35.4 Å². The molecule has 16 heavy (non-hydrogen) atoms. The van der Waals surface area contributed by atoms with E-state index in [1.54, 1.807) is 0 Å². The quantitative estimate of drug-likeness (QED) is 0.770. The van der Waals surface area contributed by atoms with Crippen LogP contribution < -0.4 is 5.32 Å². The smallest absolute Gasteiger partial charge is 0.251 e. The molecule has 0 aliphatic carbocycles. The molecule has 0 fully saturated rings. The summed E-state index contributed by atoms with van der Waals surface area (Å²) in [7, 11) is 0. The van der Waals surface area contributed by atoms with Crippen molar-refractivity contribution in [1.29, 1.82) is 0 Å². The van der Waals surface area contributed by atoms with E-state index < -0.39 is 11.6 Å². The first-order valence-electron chi connectivity index (χ1n) is 5.38. The van der Waals surface area contributed by atoms with Crippen LogP contribution in [-0.4, -0.2) is 12.5 Å². The van der Waals surface area contributed by atoms with E-state index in [1.807, 2.05) is 0 Å². The Morgan fingerprint density at radius 3 is 2.62 bits per heavy atom. The van der Waals surface area contributed by atoms with E-state index in [9.17, 15) is 13.6 Å². The molecule has 0 aromatic heterocycles. The number of hydrogen-bond donors (Lipinski definition) is 1. The molecule has 0 aliphatic heterocycles. The number of unbranched alkanes of at least 4 members (excludes halogenated alkanes) is 2. The summed E-state index contributed by atoms with van der Waals surface area (Å²) in [5.41, 5.74) is 0.149. The van der Waals surface area contributed by atoms with Crippen LogP contribution >= 0.6 is 0 Å². The first kappa shape index (κ1) is 12.6. The molecule has 1 rings (SSSR count). The lowest BCUT2D eigenvalue weighted by molar-refractivity contribution is 0.0952. The normalized spacial score (nSPS) is 10.2. The molecule has 1 aromatic carbocycles. The van der Waals surface area contributed by atoms with Gasteiger partial charge in [0.2, 0.25) is 0 Å². The second-order valence-electron chi connectivity index (χ2n) is 3.59. The second-order valence-corrected chi connectivity index (χ2v) is 3.59. The number of benzene rings is 1. The van der Waals surface area contributed by atoms with E-state index in [2.05, 4.69) is 12.2 Å². The molecule has 2 nitrogen and oxygen atoms in total. The van der Waals surface area contributed by atoms with Crippen molar-refractivity contribution < 1.29 is 13.6 Å². The Hall–Kier alpha value is -1.45. The summed E-state index contributed by atoms with van der Waals surface area (Å²) in [6, 6.07) is 3.13. The highest BCUT2D eigenvalue weighted by atomic mass is 19.2. The first-order chi connectivity index (χ1) is 7.65. The standard InChI is InChI=1S/C12H15F2NO/c1-2-3-4-7-15-12(16)9-5-6-10(13)11(14)8-9/h5-6,8H,2-4,7H2,1H3,(H,15,16). The Morgan fingerprint density at radius 1 is 1.25 bits per heavy atom. The van der Waals surface area contributed by atoms with Gasteiger partial charge >= 0.3 is 0 Å². The topological polar surface area (TPSA) is 29.1 Å². The van der Waals surface area contributed by atoms with Gasteiger partial charge in [0.1, 0.15) is 0 Å². The summed E-state index contributed by atoms with van der Waals surface area (Å²) in [6.45, 7) is 2.63. The number of amides is 1. The van der Waals surface area contributed by atoms with Gasteiger partial charge in [0, 0.05) is 12.1 Å². The molecule has 1 amide bonds. The van der Waals surface area contributed by atoms with Crippen LogP contribution in [0.25, 0.3) is 0 Å². The van der Waals surface area contributed by atoms with Crippen LogP contribution in [-0.2, 0) is 0 Å². The van der Waals surface area contributed by atoms with Crippen LogP contribution in [0.3, 0.4) is 0 Å². The van der Waals surface area contributed by atoms with Crippen molar-refractivity contribution in [2.75, 3.05) is 6.54 Å². The molecular formula is C12H15F2NO. The Bertz CT molecular complexity index is 366. The monoisotopic (exact) mass is 227 g/mol. The van der Waals surface area contributed by atoms with Crippen LogP contribution in [0, 0.1) is 11.6 Å². The lowest BCUT2D eigenvalue weighted by Gasteiger charge is -2.04. The van der Waals surface area contributed by atoms with Gasteiger partial charge in [0.25, 0.3) is 5.91 Å². The lowest BCUT2D eigenvalue weighted by Crippen LogP contribution is -2.24. The summed E-state index contributed by atoms with van der Waals surface area (Å²) in [5.74, 6) is -2.31. The summed E-state index contributed by atoms with van der Waals surface area (Å²) >= 11 is 0. The van der Waals surface area contributed by atoms with Crippen molar-refractivity contribution in [3.63, 3.8) is 0 Å². The molecule has 0 atom stereocenters. The SMILES string of the molecule is CCCCCNC(=O)c1ccc(F)c(F)c1. The average Bonchev–Trinajstić information content (AvgIpc) is 2.28. The molecule has 0 unspecified atom stereocenters. The summed E-state index contributed by atoms with van der Waals surface area (Å²) in [6.07, 6.45) is 3.00. The minimum Gasteiger partial charge on any atom is -0.352 e. The van der Waals surface area contributed by atoms with Crippen molar-refractivity contribution in [3.8, 4) is 0 Å². The maximum atomic E-state index is 12.8. The van der Waals surface area contributed by atoms with Gasteiger partial charge in [-0.25, -0.2) is 8.78 Å². The van der Waals surface area contributed by atoms with E-state index >= 15 is 0 Å². The number of carbonyl (C=O) groups is 1.